The maximum Gasteiger partial charge on any atom is 0.339 e. The molecule has 0 rings (SSSR count). The summed E-state index contributed by atoms with van der Waals surface area (Å²) in [5, 5.41) is -3.22. The predicted octanol–water partition coefficient (Wildman–Crippen LogP) is 2.43. The summed E-state index contributed by atoms with van der Waals surface area (Å²) >= 11 is 13.8. The number of rotatable bonds is 0. The van der Waals surface area contributed by atoms with Gasteiger partial charge < -0.3 is 0 Å². The molecule has 0 aromatic rings. The summed E-state index contributed by atoms with van der Waals surface area (Å²) in [6.07, 6.45) is 0. The quantitative estimate of drug-likeness (QED) is 0.409. The van der Waals surface area contributed by atoms with Crippen molar-refractivity contribution < 1.29 is 4.57 Å². The first kappa shape index (κ1) is 11.0. The van der Waals surface area contributed by atoms with E-state index in [9.17, 15) is 4.57 Å². The van der Waals surface area contributed by atoms with Crippen LogP contribution in [0.2, 0.25) is 0 Å². The van der Waals surface area contributed by atoms with Crippen LogP contribution < -0.4 is 0 Å². The Labute approximate surface area is 72.4 Å². The van der Waals surface area contributed by atoms with Crippen molar-refractivity contribution in [1.82, 2.24) is 0 Å². The fourth-order valence-electron chi connectivity index (χ4n) is 0. The van der Waals surface area contributed by atoms with Crippen molar-refractivity contribution in [2.24, 2.45) is 0 Å². The van der Waals surface area contributed by atoms with Crippen molar-refractivity contribution in [2.45, 2.75) is 0 Å². The third-order valence-corrected chi connectivity index (χ3v) is 0. The van der Waals surface area contributed by atoms with Gasteiger partial charge in [-0.2, -0.15) is 0 Å². The minimum absolute atomic E-state index is 0. The maximum atomic E-state index is 9.51. The summed E-state index contributed by atoms with van der Waals surface area (Å²) in [6.45, 7) is 0. The Morgan fingerprint density at radius 2 is 1.17 bits per heavy atom. The third-order valence-electron chi connectivity index (χ3n) is 0. The molecule has 0 unspecified atom stereocenters. The Hall–Kier alpha value is 2.10. The molecule has 0 aliphatic rings. The van der Waals surface area contributed by atoms with Crippen LogP contribution in [0.15, 0.2) is 0 Å². The van der Waals surface area contributed by atoms with Gasteiger partial charge in [-0.1, -0.05) is 0 Å². The molecule has 0 aliphatic heterocycles. The number of hydrogen-bond donors (Lipinski definition) is 0. The molecule has 6 heteroatoms. The number of halogens is 3. The molecular formula is Cl3NaOP. The summed E-state index contributed by atoms with van der Waals surface area (Å²) in [7, 11) is 0. The van der Waals surface area contributed by atoms with Gasteiger partial charge in [-0.3, -0.25) is 4.57 Å². The second kappa shape index (κ2) is 4.03. The van der Waals surface area contributed by atoms with E-state index in [1.807, 2.05) is 0 Å². The summed E-state index contributed by atoms with van der Waals surface area (Å²) < 4.78 is 9.51. The van der Waals surface area contributed by atoms with E-state index in [-0.39, 0.29) is 29.6 Å². The summed E-state index contributed by atoms with van der Waals surface area (Å²) in [6, 6.07) is 0. The zero-order valence-corrected chi connectivity index (χ0v) is 8.15. The van der Waals surface area contributed by atoms with Crippen LogP contribution in [0.25, 0.3) is 0 Å². The molecule has 0 spiro atoms. The van der Waals surface area contributed by atoms with E-state index in [0.29, 0.717) is 0 Å². The van der Waals surface area contributed by atoms with Crippen molar-refractivity contribution in [1.29, 1.82) is 0 Å². The molecule has 0 aromatic heterocycles. The summed E-state index contributed by atoms with van der Waals surface area (Å²) in [4.78, 5) is 0. The van der Waals surface area contributed by atoms with Crippen molar-refractivity contribution in [3.63, 3.8) is 0 Å². The van der Waals surface area contributed by atoms with Crippen LogP contribution in [0, 0.1) is 0 Å². The van der Waals surface area contributed by atoms with Gasteiger partial charge in [-0.25, -0.2) is 0 Å². The first-order valence-corrected chi connectivity index (χ1v) is 5.11. The van der Waals surface area contributed by atoms with Gasteiger partial charge in [0.05, 0.1) is 0 Å². The summed E-state index contributed by atoms with van der Waals surface area (Å²) in [5.74, 6) is 0. The second-order valence-corrected chi connectivity index (χ2v) is 7.04. The third kappa shape index (κ3) is 36.0. The van der Waals surface area contributed by atoms with Crippen LogP contribution >= 0.6 is 38.9 Å². The molecule has 0 fully saturated rings. The van der Waals surface area contributed by atoms with E-state index in [4.69, 9.17) is 0 Å². The Morgan fingerprint density at radius 1 is 1.17 bits per heavy atom. The first-order valence-electron chi connectivity index (χ1n) is 0.690. The average Bonchev–Trinajstić information content (AvgIpc) is 0.722. The van der Waals surface area contributed by atoms with Crippen molar-refractivity contribution in [3.8, 4) is 0 Å². The topological polar surface area (TPSA) is 17.1 Å². The van der Waals surface area contributed by atoms with E-state index in [1.165, 1.54) is 0 Å². The second-order valence-electron chi connectivity index (χ2n) is 0.399. The average molecular weight is 176 g/mol. The molecule has 0 aliphatic carbocycles. The van der Waals surface area contributed by atoms with Gasteiger partial charge in [-0.05, 0) is 33.7 Å². The SMILES string of the molecule is O=P(Cl)(Cl)Cl.[Na]. The Kier molecular flexibility index (Phi) is 7.36. The molecule has 0 atom stereocenters. The maximum absolute atomic E-state index is 9.51. The van der Waals surface area contributed by atoms with Gasteiger partial charge in [0.2, 0.25) is 0 Å². The largest absolute Gasteiger partial charge is 0.339 e. The molecular weight excluding hydrogens is 176 g/mol. The fraction of sp³-hybridized carbons (Fsp3) is 0. The van der Waals surface area contributed by atoms with Gasteiger partial charge in [0.25, 0.3) is 0 Å². The van der Waals surface area contributed by atoms with Gasteiger partial charge in [-0.15, -0.1) is 0 Å². The Bertz CT molecular complexity index is 56.9. The van der Waals surface area contributed by atoms with Gasteiger partial charge in [0, 0.05) is 29.6 Å². The van der Waals surface area contributed by atoms with Crippen LogP contribution in [0.1, 0.15) is 0 Å². The van der Waals surface area contributed by atoms with E-state index in [1.54, 1.807) is 0 Å². The van der Waals surface area contributed by atoms with Gasteiger partial charge in [0.1, 0.15) is 0 Å². The van der Waals surface area contributed by atoms with Gasteiger partial charge >= 0.3 is 5.20 Å². The molecule has 1 radical (unpaired) electrons. The number of hydrogen-bond acceptors (Lipinski definition) is 1. The van der Waals surface area contributed by atoms with Crippen molar-refractivity contribution in [2.75, 3.05) is 0 Å². The Morgan fingerprint density at radius 3 is 1.17 bits per heavy atom. The molecule has 1 nitrogen and oxygen atoms in total. The molecule has 0 aromatic carbocycles. The zero-order valence-electron chi connectivity index (χ0n) is 2.99. The molecule has 0 heterocycles. The smallest absolute Gasteiger partial charge is 0.271 e. The van der Waals surface area contributed by atoms with Crippen LogP contribution in [0.4, 0.5) is 0 Å². The molecule has 33 valence electrons. The van der Waals surface area contributed by atoms with Crippen molar-refractivity contribution in [3.05, 3.63) is 0 Å². The molecule has 0 saturated carbocycles. The Balaban J connectivity index is 0. The van der Waals surface area contributed by atoms with Crippen molar-refractivity contribution >= 4 is 68.5 Å². The summed E-state index contributed by atoms with van der Waals surface area (Å²) in [5.41, 5.74) is 0. The predicted molar refractivity (Wildman–Crippen MR) is 30.9 cm³/mol. The van der Waals surface area contributed by atoms with E-state index < -0.39 is 5.20 Å². The molecule has 0 N–H and O–H groups in total. The minimum Gasteiger partial charge on any atom is -0.271 e. The molecule has 6 heavy (non-hydrogen) atoms. The molecule has 0 bridgehead atoms. The van der Waals surface area contributed by atoms with Crippen LogP contribution in [0.5, 0.6) is 0 Å². The van der Waals surface area contributed by atoms with Gasteiger partial charge in [0.15, 0.2) is 0 Å². The van der Waals surface area contributed by atoms with Crippen LogP contribution in [0.3, 0.4) is 0 Å². The monoisotopic (exact) mass is 175 g/mol. The normalized spacial score (nSPS) is 9.83. The van der Waals surface area contributed by atoms with E-state index >= 15 is 0 Å². The van der Waals surface area contributed by atoms with Crippen LogP contribution in [-0.4, -0.2) is 29.6 Å². The van der Waals surface area contributed by atoms with E-state index in [0.717, 1.165) is 0 Å². The van der Waals surface area contributed by atoms with Crippen LogP contribution in [-0.2, 0) is 4.57 Å². The first-order chi connectivity index (χ1) is 2.00. The molecule has 0 saturated heterocycles. The van der Waals surface area contributed by atoms with E-state index in [2.05, 4.69) is 33.7 Å². The fourth-order valence-corrected chi connectivity index (χ4v) is 0. The molecule has 0 amide bonds. The zero-order chi connectivity index (χ0) is 4.50. The minimum atomic E-state index is -3.22. The standard InChI is InChI=1S/Cl3OP.Na/c1-5(2,3)4;.